The van der Waals surface area contributed by atoms with Crippen molar-refractivity contribution in [1.29, 1.82) is 0 Å². The van der Waals surface area contributed by atoms with Crippen molar-refractivity contribution in [3.63, 3.8) is 0 Å². The number of hydrogen-bond donors (Lipinski definition) is 0. The highest BCUT2D eigenvalue weighted by molar-refractivity contribution is 14.1. The lowest BCUT2D eigenvalue weighted by Gasteiger charge is -1.83. The molecular formula is C4H9ISi. The van der Waals surface area contributed by atoms with Gasteiger partial charge >= 0.3 is 0 Å². The first-order chi connectivity index (χ1) is 2.91. The van der Waals surface area contributed by atoms with Crippen LogP contribution >= 0.6 is 22.6 Å². The Balaban J connectivity index is 2.34. The van der Waals surface area contributed by atoms with Crippen LogP contribution in [0.15, 0.2) is 0 Å². The van der Waals surface area contributed by atoms with E-state index in [4.69, 9.17) is 0 Å². The van der Waals surface area contributed by atoms with E-state index in [2.05, 4.69) is 29.5 Å². The Labute approximate surface area is 55.7 Å². The van der Waals surface area contributed by atoms with Gasteiger partial charge in [-0.25, -0.2) is 0 Å². The van der Waals surface area contributed by atoms with Crippen LogP contribution in [0, 0.1) is 0 Å². The van der Waals surface area contributed by atoms with Gasteiger partial charge in [-0.2, -0.15) is 0 Å². The van der Waals surface area contributed by atoms with E-state index in [1.165, 1.54) is 26.0 Å². The Kier molecular flexibility index (Phi) is 6.89. The molecule has 0 aromatic carbocycles. The van der Waals surface area contributed by atoms with Crippen LogP contribution in [0.2, 0.25) is 6.04 Å². The van der Waals surface area contributed by atoms with Gasteiger partial charge in [-0.05, 0) is 4.05 Å². The number of halogens is 1. The molecule has 0 N–H and O–H groups in total. The van der Waals surface area contributed by atoms with Gasteiger partial charge in [0.1, 0.15) is 0 Å². The second kappa shape index (κ2) is 5.95. The summed E-state index contributed by atoms with van der Waals surface area (Å²) in [5.74, 6) is 0. The normalized spacial score (nSPS) is 9.00. The molecule has 0 nitrogen and oxygen atoms in total. The summed E-state index contributed by atoms with van der Waals surface area (Å²) in [7, 11) is 1.20. The fraction of sp³-hybridized carbons (Fsp3) is 1.00. The first-order valence-corrected chi connectivity index (χ1v) is 5.12. The van der Waals surface area contributed by atoms with Crippen LogP contribution in [0.3, 0.4) is 0 Å². The van der Waals surface area contributed by atoms with Gasteiger partial charge in [-0.3, -0.25) is 0 Å². The maximum absolute atomic E-state index is 2.42. The highest BCUT2D eigenvalue weighted by Crippen LogP contribution is 1.87. The van der Waals surface area contributed by atoms with E-state index >= 15 is 0 Å². The van der Waals surface area contributed by atoms with E-state index in [0.717, 1.165) is 0 Å². The average molecular weight is 212 g/mol. The number of hydrogen-bond acceptors (Lipinski definition) is 0. The van der Waals surface area contributed by atoms with E-state index in [0.29, 0.717) is 0 Å². The molecule has 0 heterocycles. The van der Waals surface area contributed by atoms with Gasteiger partial charge in [0.05, 0.1) is 9.52 Å². The van der Waals surface area contributed by atoms with Crippen molar-refractivity contribution in [2.24, 2.45) is 0 Å². The minimum atomic E-state index is 1.20. The van der Waals surface area contributed by atoms with Gasteiger partial charge in [0, 0.05) is 0 Å². The van der Waals surface area contributed by atoms with Crippen LogP contribution in [0.1, 0.15) is 13.3 Å². The second-order valence-corrected chi connectivity index (χ2v) is 4.69. The number of alkyl halides is 1. The maximum atomic E-state index is 2.42. The Hall–Kier alpha value is 0.947. The fourth-order valence-corrected chi connectivity index (χ4v) is 1.87. The zero-order valence-corrected chi connectivity index (χ0v) is 7.16. The third-order valence-electron chi connectivity index (χ3n) is 0.521. The zero-order chi connectivity index (χ0) is 4.83. The van der Waals surface area contributed by atoms with E-state index < -0.39 is 0 Å². The lowest BCUT2D eigenvalue weighted by Crippen LogP contribution is -1.86. The number of rotatable bonds is 3. The summed E-state index contributed by atoms with van der Waals surface area (Å²) in [4.78, 5) is 0. The minimum absolute atomic E-state index is 1.20. The lowest BCUT2D eigenvalue weighted by atomic mass is 10.6. The van der Waals surface area contributed by atoms with E-state index in [1.54, 1.807) is 0 Å². The predicted octanol–water partition coefficient (Wildman–Crippen LogP) is 1.91. The summed E-state index contributed by atoms with van der Waals surface area (Å²) in [5.41, 5.74) is 0. The predicted molar refractivity (Wildman–Crippen MR) is 39.7 cm³/mol. The van der Waals surface area contributed by atoms with Crippen molar-refractivity contribution in [2.75, 3.05) is 4.05 Å². The zero-order valence-electron chi connectivity index (χ0n) is 4.00. The van der Waals surface area contributed by atoms with Crippen molar-refractivity contribution in [2.45, 2.75) is 19.4 Å². The lowest BCUT2D eigenvalue weighted by molar-refractivity contribution is 1.07. The van der Waals surface area contributed by atoms with Crippen molar-refractivity contribution in [3.8, 4) is 0 Å². The summed E-state index contributed by atoms with van der Waals surface area (Å²) < 4.78 is 1.35. The molecule has 0 saturated heterocycles. The fourth-order valence-electron chi connectivity index (χ4n) is 0.244. The van der Waals surface area contributed by atoms with Crippen LogP contribution in [0.25, 0.3) is 0 Å². The average Bonchev–Trinajstić information content (AvgIpc) is 1.61. The quantitative estimate of drug-likeness (QED) is 0.290. The van der Waals surface area contributed by atoms with Crippen molar-refractivity contribution >= 4 is 32.1 Å². The van der Waals surface area contributed by atoms with Crippen molar-refractivity contribution < 1.29 is 0 Å². The van der Waals surface area contributed by atoms with E-state index in [-0.39, 0.29) is 0 Å². The van der Waals surface area contributed by atoms with Crippen LogP contribution < -0.4 is 0 Å². The molecule has 0 aromatic heterocycles. The van der Waals surface area contributed by atoms with Crippen LogP contribution in [-0.4, -0.2) is 13.6 Å². The molecule has 36 valence electrons. The Morgan fingerprint density at radius 2 is 2.33 bits per heavy atom. The van der Waals surface area contributed by atoms with Crippen LogP contribution in [0.5, 0.6) is 0 Å². The molecule has 2 radical (unpaired) electrons. The first-order valence-electron chi connectivity index (χ1n) is 2.18. The van der Waals surface area contributed by atoms with Gasteiger partial charge < -0.3 is 0 Å². The maximum Gasteiger partial charge on any atom is 0.0504 e. The molecule has 0 aliphatic rings. The standard InChI is InChI=1S/C4H9ISi/c1-2-3-6-4-5/h2-4H2,1H3. The van der Waals surface area contributed by atoms with Gasteiger partial charge in [0.2, 0.25) is 0 Å². The van der Waals surface area contributed by atoms with Gasteiger partial charge in [-0.15, -0.1) is 0 Å². The third kappa shape index (κ3) is 4.95. The molecule has 0 bridgehead atoms. The molecule has 0 atom stereocenters. The molecule has 0 saturated carbocycles. The molecule has 6 heavy (non-hydrogen) atoms. The summed E-state index contributed by atoms with van der Waals surface area (Å²) in [6.45, 7) is 2.24. The largest absolute Gasteiger partial charge is 0.0903 e. The van der Waals surface area contributed by atoms with Crippen LogP contribution in [0.4, 0.5) is 0 Å². The second-order valence-electron chi connectivity index (χ2n) is 1.13. The van der Waals surface area contributed by atoms with Crippen molar-refractivity contribution in [3.05, 3.63) is 0 Å². The van der Waals surface area contributed by atoms with Gasteiger partial charge in [0.15, 0.2) is 0 Å². The molecule has 0 rings (SSSR count). The van der Waals surface area contributed by atoms with Crippen molar-refractivity contribution in [1.82, 2.24) is 0 Å². The molecule has 0 fully saturated rings. The topological polar surface area (TPSA) is 0 Å². The van der Waals surface area contributed by atoms with E-state index in [1.807, 2.05) is 0 Å². The van der Waals surface area contributed by atoms with Gasteiger partial charge in [0.25, 0.3) is 0 Å². The molecule has 0 aliphatic carbocycles. The Bertz CT molecular complexity index is 19.5. The molecule has 2 heteroatoms. The molecule has 0 aromatic rings. The molecule has 0 spiro atoms. The third-order valence-corrected chi connectivity index (χ3v) is 3.18. The van der Waals surface area contributed by atoms with E-state index in [9.17, 15) is 0 Å². The summed E-state index contributed by atoms with van der Waals surface area (Å²) in [6, 6.07) is 1.43. The molecule has 0 unspecified atom stereocenters. The molecule has 0 aliphatic heterocycles. The SMILES string of the molecule is CCC[Si]CI. The first kappa shape index (κ1) is 6.95. The highest BCUT2D eigenvalue weighted by atomic mass is 127. The summed E-state index contributed by atoms with van der Waals surface area (Å²) in [6.07, 6.45) is 1.36. The Morgan fingerprint density at radius 3 is 2.50 bits per heavy atom. The summed E-state index contributed by atoms with van der Waals surface area (Å²) >= 11 is 2.42. The molecular weight excluding hydrogens is 203 g/mol. The minimum Gasteiger partial charge on any atom is -0.0903 e. The molecule has 0 amide bonds. The van der Waals surface area contributed by atoms with Crippen LogP contribution in [-0.2, 0) is 0 Å². The summed E-state index contributed by atoms with van der Waals surface area (Å²) in [5, 5.41) is 0. The smallest absolute Gasteiger partial charge is 0.0504 e. The highest BCUT2D eigenvalue weighted by Gasteiger charge is 1.78. The van der Waals surface area contributed by atoms with Gasteiger partial charge in [-0.1, -0.05) is 42.0 Å². The Morgan fingerprint density at radius 1 is 1.67 bits per heavy atom. The monoisotopic (exact) mass is 212 g/mol.